The SMILES string of the molecule is C[C@H](O)c1ccc(Sc2ccc(Br)cc2)cc1. The summed E-state index contributed by atoms with van der Waals surface area (Å²) in [6.07, 6.45) is -0.401. The van der Waals surface area contributed by atoms with Crippen LogP contribution in [0.2, 0.25) is 0 Å². The van der Waals surface area contributed by atoms with Gasteiger partial charge < -0.3 is 5.11 Å². The van der Waals surface area contributed by atoms with Gasteiger partial charge in [-0.25, -0.2) is 0 Å². The Kier molecular flexibility index (Phi) is 4.26. The molecule has 1 atom stereocenters. The quantitative estimate of drug-likeness (QED) is 0.890. The molecular weight excluding hydrogens is 296 g/mol. The number of hydrogen-bond acceptors (Lipinski definition) is 2. The highest BCUT2D eigenvalue weighted by molar-refractivity contribution is 9.10. The van der Waals surface area contributed by atoms with Gasteiger partial charge in [0.2, 0.25) is 0 Å². The summed E-state index contributed by atoms with van der Waals surface area (Å²) in [6.45, 7) is 1.77. The van der Waals surface area contributed by atoms with E-state index in [9.17, 15) is 5.11 Å². The number of aliphatic hydroxyl groups is 1. The van der Waals surface area contributed by atoms with Crippen LogP contribution in [0.5, 0.6) is 0 Å². The third-order valence-electron chi connectivity index (χ3n) is 2.41. The number of hydrogen-bond donors (Lipinski definition) is 1. The van der Waals surface area contributed by atoms with E-state index < -0.39 is 6.10 Å². The van der Waals surface area contributed by atoms with E-state index in [1.807, 2.05) is 36.4 Å². The first-order valence-electron chi connectivity index (χ1n) is 5.36. The molecule has 1 nitrogen and oxygen atoms in total. The van der Waals surface area contributed by atoms with Gasteiger partial charge >= 0.3 is 0 Å². The Bertz CT molecular complexity index is 477. The molecule has 0 aliphatic carbocycles. The van der Waals surface area contributed by atoms with Crippen LogP contribution in [0.1, 0.15) is 18.6 Å². The van der Waals surface area contributed by atoms with Crippen molar-refractivity contribution in [2.45, 2.75) is 22.8 Å². The van der Waals surface area contributed by atoms with E-state index in [2.05, 4.69) is 28.1 Å². The first-order valence-corrected chi connectivity index (χ1v) is 6.97. The molecule has 0 radical (unpaired) electrons. The molecule has 0 bridgehead atoms. The first kappa shape index (κ1) is 12.7. The second kappa shape index (κ2) is 5.71. The monoisotopic (exact) mass is 308 g/mol. The number of aliphatic hydroxyl groups excluding tert-OH is 1. The van der Waals surface area contributed by atoms with Gasteiger partial charge in [0.25, 0.3) is 0 Å². The van der Waals surface area contributed by atoms with Crippen molar-refractivity contribution < 1.29 is 5.11 Å². The molecule has 0 heterocycles. The van der Waals surface area contributed by atoms with Crippen molar-refractivity contribution in [1.29, 1.82) is 0 Å². The van der Waals surface area contributed by atoms with E-state index in [-0.39, 0.29) is 0 Å². The highest BCUT2D eigenvalue weighted by Crippen LogP contribution is 2.29. The lowest BCUT2D eigenvalue weighted by atomic mass is 10.1. The second-order valence-corrected chi connectivity index (χ2v) is 5.86. The predicted molar refractivity (Wildman–Crippen MR) is 75.3 cm³/mol. The minimum absolute atomic E-state index is 0.401. The smallest absolute Gasteiger partial charge is 0.0761 e. The van der Waals surface area contributed by atoms with Crippen LogP contribution in [0, 0.1) is 0 Å². The largest absolute Gasteiger partial charge is 0.389 e. The molecule has 0 aromatic heterocycles. The summed E-state index contributed by atoms with van der Waals surface area (Å²) >= 11 is 5.13. The molecule has 3 heteroatoms. The fraction of sp³-hybridized carbons (Fsp3) is 0.143. The summed E-state index contributed by atoms with van der Waals surface area (Å²) in [6, 6.07) is 16.2. The summed E-state index contributed by atoms with van der Waals surface area (Å²) in [7, 11) is 0. The van der Waals surface area contributed by atoms with Crippen molar-refractivity contribution in [2.75, 3.05) is 0 Å². The minimum atomic E-state index is -0.401. The molecule has 0 spiro atoms. The van der Waals surface area contributed by atoms with Crippen LogP contribution in [-0.2, 0) is 0 Å². The molecule has 0 aliphatic rings. The number of halogens is 1. The van der Waals surface area contributed by atoms with Gasteiger partial charge in [-0.05, 0) is 48.9 Å². The molecule has 2 rings (SSSR count). The van der Waals surface area contributed by atoms with Gasteiger partial charge in [-0.3, -0.25) is 0 Å². The van der Waals surface area contributed by atoms with Crippen LogP contribution in [0.3, 0.4) is 0 Å². The van der Waals surface area contributed by atoms with Crippen LogP contribution in [0.25, 0.3) is 0 Å². The Hall–Kier alpha value is -0.770. The molecule has 88 valence electrons. The number of benzene rings is 2. The summed E-state index contributed by atoms with van der Waals surface area (Å²) in [5.41, 5.74) is 0.949. The third kappa shape index (κ3) is 3.60. The van der Waals surface area contributed by atoms with E-state index in [1.54, 1.807) is 18.7 Å². The van der Waals surface area contributed by atoms with Gasteiger partial charge in [-0.2, -0.15) is 0 Å². The fourth-order valence-electron chi connectivity index (χ4n) is 1.45. The molecule has 2 aromatic carbocycles. The molecule has 0 aliphatic heterocycles. The topological polar surface area (TPSA) is 20.2 Å². The highest BCUT2D eigenvalue weighted by atomic mass is 79.9. The average molecular weight is 309 g/mol. The van der Waals surface area contributed by atoms with E-state index in [1.165, 1.54) is 9.79 Å². The van der Waals surface area contributed by atoms with Crippen molar-refractivity contribution in [3.05, 3.63) is 58.6 Å². The summed E-state index contributed by atoms with van der Waals surface area (Å²) in [5, 5.41) is 9.42. The first-order chi connectivity index (χ1) is 8.15. The average Bonchev–Trinajstić information content (AvgIpc) is 2.33. The van der Waals surface area contributed by atoms with Crippen molar-refractivity contribution >= 4 is 27.7 Å². The Morgan fingerprint density at radius 2 is 1.41 bits per heavy atom. The zero-order valence-electron chi connectivity index (χ0n) is 9.43. The Balaban J connectivity index is 2.11. The molecular formula is C14H13BrOS. The molecule has 0 unspecified atom stereocenters. The van der Waals surface area contributed by atoms with E-state index in [0.717, 1.165) is 10.0 Å². The Morgan fingerprint density at radius 1 is 0.941 bits per heavy atom. The second-order valence-electron chi connectivity index (χ2n) is 3.80. The van der Waals surface area contributed by atoms with Crippen molar-refractivity contribution in [2.24, 2.45) is 0 Å². The van der Waals surface area contributed by atoms with E-state index in [4.69, 9.17) is 0 Å². The molecule has 17 heavy (non-hydrogen) atoms. The predicted octanol–water partition coefficient (Wildman–Crippen LogP) is 4.65. The van der Waals surface area contributed by atoms with Gasteiger partial charge in [-0.1, -0.05) is 39.8 Å². The summed E-state index contributed by atoms with van der Waals surface area (Å²) in [4.78, 5) is 2.38. The molecule has 1 N–H and O–H groups in total. The molecule has 0 saturated carbocycles. The maximum absolute atomic E-state index is 9.42. The van der Waals surface area contributed by atoms with E-state index in [0.29, 0.717) is 0 Å². The van der Waals surface area contributed by atoms with Crippen molar-refractivity contribution in [3.63, 3.8) is 0 Å². The maximum atomic E-state index is 9.42. The summed E-state index contributed by atoms with van der Waals surface area (Å²) < 4.78 is 1.09. The van der Waals surface area contributed by atoms with E-state index >= 15 is 0 Å². The normalized spacial score (nSPS) is 12.4. The third-order valence-corrected chi connectivity index (χ3v) is 3.96. The highest BCUT2D eigenvalue weighted by Gasteiger charge is 2.01. The zero-order chi connectivity index (χ0) is 12.3. The van der Waals surface area contributed by atoms with Crippen LogP contribution >= 0.6 is 27.7 Å². The zero-order valence-corrected chi connectivity index (χ0v) is 11.8. The molecule has 0 amide bonds. The van der Waals surface area contributed by atoms with Gasteiger partial charge in [0.1, 0.15) is 0 Å². The lowest BCUT2D eigenvalue weighted by Gasteiger charge is -2.06. The standard InChI is InChI=1S/C14H13BrOS/c1-10(16)11-2-6-13(7-3-11)17-14-8-4-12(15)5-9-14/h2-10,16H,1H3/t10-/m0/s1. The lowest BCUT2D eigenvalue weighted by molar-refractivity contribution is 0.199. The lowest BCUT2D eigenvalue weighted by Crippen LogP contribution is -1.89. The van der Waals surface area contributed by atoms with Crippen molar-refractivity contribution in [3.8, 4) is 0 Å². The number of rotatable bonds is 3. The van der Waals surface area contributed by atoms with Crippen LogP contribution < -0.4 is 0 Å². The van der Waals surface area contributed by atoms with Crippen LogP contribution in [0.4, 0.5) is 0 Å². The van der Waals surface area contributed by atoms with Crippen LogP contribution in [0.15, 0.2) is 62.8 Å². The van der Waals surface area contributed by atoms with Gasteiger partial charge in [0.05, 0.1) is 6.10 Å². The van der Waals surface area contributed by atoms with Gasteiger partial charge in [0.15, 0.2) is 0 Å². The van der Waals surface area contributed by atoms with Gasteiger partial charge in [0, 0.05) is 14.3 Å². The maximum Gasteiger partial charge on any atom is 0.0761 e. The molecule has 0 fully saturated rings. The van der Waals surface area contributed by atoms with Gasteiger partial charge in [-0.15, -0.1) is 0 Å². The summed E-state index contributed by atoms with van der Waals surface area (Å²) in [5.74, 6) is 0. The molecule has 2 aromatic rings. The van der Waals surface area contributed by atoms with Crippen molar-refractivity contribution in [1.82, 2.24) is 0 Å². The van der Waals surface area contributed by atoms with Crippen LogP contribution in [-0.4, -0.2) is 5.11 Å². The Labute approximate surface area is 114 Å². The Morgan fingerprint density at radius 3 is 1.88 bits per heavy atom. The fourth-order valence-corrected chi connectivity index (χ4v) is 2.53. The minimum Gasteiger partial charge on any atom is -0.389 e. The molecule has 0 saturated heterocycles.